The Kier molecular flexibility index (Phi) is 25.6. The van der Waals surface area contributed by atoms with E-state index in [1.54, 1.807) is 0 Å². The van der Waals surface area contributed by atoms with E-state index in [-0.39, 0.29) is 0 Å². The monoisotopic (exact) mass is 843 g/mol. The predicted octanol–water partition coefficient (Wildman–Crippen LogP) is 20.2. The van der Waals surface area contributed by atoms with Crippen LogP contribution in [0.4, 0.5) is 0 Å². The Morgan fingerprint density at radius 3 is 1.10 bits per heavy atom. The van der Waals surface area contributed by atoms with E-state index in [9.17, 15) is 0 Å². The van der Waals surface area contributed by atoms with Gasteiger partial charge in [0.1, 0.15) is 0 Å². The molecular weight excluding hydrogens is 721 g/mol. The van der Waals surface area contributed by atoms with Crippen LogP contribution in [0.1, 0.15) is 246 Å². The van der Waals surface area contributed by atoms with Gasteiger partial charge in [-0.3, -0.25) is 0 Å². The van der Waals surface area contributed by atoms with E-state index in [0.29, 0.717) is 39.9 Å². The summed E-state index contributed by atoms with van der Waals surface area (Å²) < 4.78 is 0. The molecule has 1 aliphatic carbocycles. The van der Waals surface area contributed by atoms with Gasteiger partial charge in [0.25, 0.3) is 0 Å². The minimum absolute atomic E-state index is 0.358. The molecule has 0 amide bonds. The topological polar surface area (TPSA) is 0 Å². The van der Waals surface area contributed by atoms with E-state index in [1.165, 1.54) is 44.9 Å². The molecule has 0 radical (unpaired) electrons. The molecule has 0 aromatic carbocycles. The second-order valence-corrected chi connectivity index (χ2v) is 26.8. The standard InChI is InChI=1S/C37H74.C23H48/c1-23-17-18-27(5)28(6)29(7)30(8)31(9)32(10)33(11)34(12)35(13)36(14)37(15,16)22-26(4)21-25(3)20-24(2)19-23;1-15(2)21(16(3)4)14-23(19(9)10,20(11)12)22(13,17(5)6)18(7)8/h23-36H,17-22H2,1-16H3;15-21H,14H2,1-13H3. The average Bonchev–Trinajstić information content (AvgIpc) is 3.12. The van der Waals surface area contributed by atoms with Gasteiger partial charge in [-0.25, -0.2) is 0 Å². The summed E-state index contributed by atoms with van der Waals surface area (Å²) in [5.41, 5.74) is 1.14. The van der Waals surface area contributed by atoms with Gasteiger partial charge in [-0.1, -0.05) is 214 Å². The highest BCUT2D eigenvalue weighted by Crippen LogP contribution is 2.62. The van der Waals surface area contributed by atoms with E-state index < -0.39 is 0 Å². The lowest BCUT2D eigenvalue weighted by molar-refractivity contribution is -0.126. The molecule has 0 N–H and O–H groups in total. The molecule has 0 bridgehead atoms. The van der Waals surface area contributed by atoms with Gasteiger partial charge < -0.3 is 0 Å². The fourth-order valence-corrected chi connectivity index (χ4v) is 14.9. The van der Waals surface area contributed by atoms with Crippen LogP contribution in [0, 0.1) is 141 Å². The van der Waals surface area contributed by atoms with Crippen LogP contribution < -0.4 is 0 Å². The van der Waals surface area contributed by atoms with Crippen molar-refractivity contribution in [3.8, 4) is 0 Å². The van der Waals surface area contributed by atoms with Crippen LogP contribution in [0.3, 0.4) is 0 Å². The third kappa shape index (κ3) is 15.6. The maximum absolute atomic E-state index is 2.60. The van der Waals surface area contributed by atoms with E-state index in [4.69, 9.17) is 0 Å². The normalized spacial score (nSPS) is 35.6. The van der Waals surface area contributed by atoms with Crippen molar-refractivity contribution in [2.75, 3.05) is 0 Å². The Balaban J connectivity index is 0.00000130. The zero-order valence-corrected chi connectivity index (χ0v) is 47.6. The Morgan fingerprint density at radius 2 is 0.750 bits per heavy atom. The zero-order chi connectivity index (χ0) is 47.6. The van der Waals surface area contributed by atoms with Crippen LogP contribution in [0.2, 0.25) is 0 Å². The van der Waals surface area contributed by atoms with Gasteiger partial charge in [-0.05, 0) is 173 Å². The average molecular weight is 844 g/mol. The molecule has 0 aromatic rings. The third-order valence-corrected chi connectivity index (χ3v) is 20.9. The maximum atomic E-state index is 2.60. The lowest BCUT2D eigenvalue weighted by Gasteiger charge is -2.61. The summed E-state index contributed by atoms with van der Waals surface area (Å²) in [4.78, 5) is 0. The molecule has 14 atom stereocenters. The van der Waals surface area contributed by atoms with E-state index in [0.717, 1.165) is 101 Å². The van der Waals surface area contributed by atoms with E-state index >= 15 is 0 Å². The second kappa shape index (κ2) is 25.6. The summed E-state index contributed by atoms with van der Waals surface area (Å²) in [6, 6.07) is 0. The first-order valence-corrected chi connectivity index (χ1v) is 27.2. The SMILES string of the molecule is CC(C)C(CC(C(C)C)(C(C)C)C(C)(C(C)C)C(C)C)C(C)C.CC1CCC(C)C(C)C(C)C(C)C(C)C(C)C(C)C(C)C(C)C(C)C(C)(C)CC(C)CC(C)CC(C)C1. The van der Waals surface area contributed by atoms with E-state index in [1.807, 2.05) is 0 Å². The van der Waals surface area contributed by atoms with Crippen LogP contribution in [0.25, 0.3) is 0 Å². The molecule has 0 aliphatic heterocycles. The van der Waals surface area contributed by atoms with Crippen LogP contribution in [-0.4, -0.2) is 0 Å². The van der Waals surface area contributed by atoms with Gasteiger partial charge in [-0.2, -0.15) is 0 Å². The van der Waals surface area contributed by atoms with Crippen LogP contribution >= 0.6 is 0 Å². The quantitative estimate of drug-likeness (QED) is 0.217. The Morgan fingerprint density at radius 1 is 0.417 bits per heavy atom. The summed E-state index contributed by atoms with van der Waals surface area (Å²) >= 11 is 0. The van der Waals surface area contributed by atoms with E-state index in [2.05, 4.69) is 201 Å². The highest BCUT2D eigenvalue weighted by atomic mass is 14.6. The van der Waals surface area contributed by atoms with Crippen LogP contribution in [0.5, 0.6) is 0 Å². The molecule has 0 saturated heterocycles. The third-order valence-electron chi connectivity index (χ3n) is 20.9. The summed E-state index contributed by atoms with van der Waals surface area (Å²) in [5.74, 6) is 16.3. The predicted molar refractivity (Wildman–Crippen MR) is 277 cm³/mol. The van der Waals surface area contributed by atoms with Crippen molar-refractivity contribution in [3.63, 3.8) is 0 Å². The van der Waals surface area contributed by atoms with Crippen molar-refractivity contribution < 1.29 is 0 Å². The largest absolute Gasteiger partial charge is 0.0625 e. The fourth-order valence-electron chi connectivity index (χ4n) is 14.9. The fraction of sp³-hybridized carbons (Fsp3) is 1.00. The maximum Gasteiger partial charge on any atom is -0.0190 e. The molecule has 362 valence electrons. The molecule has 1 rings (SSSR count). The summed E-state index contributed by atoms with van der Waals surface area (Å²) in [5, 5.41) is 0. The number of hydrogen-bond donors (Lipinski definition) is 0. The van der Waals surface area contributed by atoms with Crippen LogP contribution in [0.15, 0.2) is 0 Å². The van der Waals surface area contributed by atoms with Gasteiger partial charge in [0, 0.05) is 0 Å². The number of hydrogen-bond acceptors (Lipinski definition) is 0. The first-order chi connectivity index (χ1) is 27.2. The molecular formula is C60H122. The highest BCUT2D eigenvalue weighted by Gasteiger charge is 2.55. The molecule has 1 fully saturated rings. The molecule has 0 heteroatoms. The lowest BCUT2D eigenvalue weighted by Crippen LogP contribution is -2.55. The van der Waals surface area contributed by atoms with Crippen molar-refractivity contribution in [1.29, 1.82) is 0 Å². The van der Waals surface area contributed by atoms with Crippen molar-refractivity contribution >= 4 is 0 Å². The van der Waals surface area contributed by atoms with Gasteiger partial charge >= 0.3 is 0 Å². The summed E-state index contributed by atoms with van der Waals surface area (Å²) in [6.45, 7) is 73.1. The minimum atomic E-state index is 0.358. The molecule has 60 heavy (non-hydrogen) atoms. The van der Waals surface area contributed by atoms with Gasteiger partial charge in [-0.15, -0.1) is 0 Å². The van der Waals surface area contributed by atoms with Crippen molar-refractivity contribution in [3.05, 3.63) is 0 Å². The Bertz CT molecular complexity index is 1090. The highest BCUT2D eigenvalue weighted by molar-refractivity contribution is 5.04. The summed E-state index contributed by atoms with van der Waals surface area (Å²) in [7, 11) is 0. The first-order valence-electron chi connectivity index (χ1n) is 27.2. The molecule has 0 heterocycles. The summed E-state index contributed by atoms with van der Waals surface area (Å²) in [6.07, 6.45) is 9.76. The zero-order valence-electron chi connectivity index (χ0n) is 47.6. The van der Waals surface area contributed by atoms with Crippen molar-refractivity contribution in [1.82, 2.24) is 0 Å². The van der Waals surface area contributed by atoms with Gasteiger partial charge in [0.15, 0.2) is 0 Å². The van der Waals surface area contributed by atoms with Crippen LogP contribution in [-0.2, 0) is 0 Å². The molecule has 0 nitrogen and oxygen atoms in total. The van der Waals surface area contributed by atoms with Gasteiger partial charge in [0.2, 0.25) is 0 Å². The molecule has 0 aromatic heterocycles. The molecule has 1 aliphatic rings. The first kappa shape index (κ1) is 60.0. The number of rotatable bonds is 9. The van der Waals surface area contributed by atoms with Crippen molar-refractivity contribution in [2.24, 2.45) is 141 Å². The molecule has 14 unspecified atom stereocenters. The Labute approximate surface area is 384 Å². The Hall–Kier alpha value is 0. The molecule has 0 spiro atoms. The second-order valence-electron chi connectivity index (χ2n) is 26.8. The molecule has 1 saturated carbocycles. The van der Waals surface area contributed by atoms with Crippen molar-refractivity contribution in [2.45, 2.75) is 246 Å². The van der Waals surface area contributed by atoms with Gasteiger partial charge in [0.05, 0.1) is 0 Å². The lowest BCUT2D eigenvalue weighted by atomic mass is 9.44. The smallest absolute Gasteiger partial charge is 0.0190 e. The minimum Gasteiger partial charge on any atom is -0.0625 e.